The molecule has 2 atom stereocenters. The van der Waals surface area contributed by atoms with E-state index in [1.807, 2.05) is 0 Å². The Bertz CT molecular complexity index is 824. The fraction of sp³-hybridized carbons (Fsp3) is 0.500. The molecule has 0 radical (unpaired) electrons. The third-order valence-electron chi connectivity index (χ3n) is 4.43. The van der Waals surface area contributed by atoms with Crippen molar-refractivity contribution in [3.8, 4) is 0 Å². The van der Waals surface area contributed by atoms with Gasteiger partial charge in [0.25, 0.3) is 0 Å². The number of piperazine rings is 1. The first kappa shape index (κ1) is 18.4. The fourth-order valence-corrected chi connectivity index (χ4v) is 5.04. The van der Waals surface area contributed by atoms with Crippen molar-refractivity contribution in [2.24, 2.45) is 5.92 Å². The zero-order valence-electron chi connectivity index (χ0n) is 13.0. The van der Waals surface area contributed by atoms with Crippen LogP contribution < -0.4 is 0 Å². The monoisotopic (exact) mass is 407 g/mol. The minimum atomic E-state index is -3.82. The maximum Gasteiger partial charge on any atom is 0.244 e. The van der Waals surface area contributed by atoms with Crippen molar-refractivity contribution < 1.29 is 18.1 Å². The van der Waals surface area contributed by atoms with Crippen LogP contribution in [0, 0.1) is 16.0 Å². The predicted molar refractivity (Wildman–Crippen MR) is 90.7 cm³/mol. The van der Waals surface area contributed by atoms with E-state index in [2.05, 4.69) is 0 Å². The third kappa shape index (κ3) is 3.46. The number of nitrogens with zero attached hydrogens (tertiary/aromatic N) is 3. The maximum atomic E-state index is 12.7. The molecule has 3 rings (SSSR count). The minimum Gasteiger partial charge on any atom is -0.340 e. The van der Waals surface area contributed by atoms with Crippen molar-refractivity contribution in [2.45, 2.75) is 17.4 Å². The highest BCUT2D eigenvalue weighted by Crippen LogP contribution is 2.35. The number of carbonyl (C=O) groups is 1. The molecule has 1 aromatic carbocycles. The Morgan fingerprint density at radius 1 is 1.20 bits per heavy atom. The van der Waals surface area contributed by atoms with E-state index in [-0.39, 0.29) is 53.4 Å². The molecule has 0 spiro atoms. The zero-order chi connectivity index (χ0) is 18.4. The lowest BCUT2D eigenvalue weighted by molar-refractivity contribution is -0.497. The zero-order valence-corrected chi connectivity index (χ0v) is 15.3. The van der Waals surface area contributed by atoms with Gasteiger partial charge in [-0.25, -0.2) is 8.42 Å². The molecule has 136 valence electrons. The van der Waals surface area contributed by atoms with Crippen LogP contribution in [-0.4, -0.2) is 60.7 Å². The number of sulfonamides is 1. The Morgan fingerprint density at radius 3 is 2.40 bits per heavy atom. The number of hydrogen-bond donors (Lipinski definition) is 0. The summed E-state index contributed by atoms with van der Waals surface area (Å²) in [6, 6.07) is 3.58. The van der Waals surface area contributed by atoms with Crippen molar-refractivity contribution >= 4 is 39.1 Å². The van der Waals surface area contributed by atoms with Crippen LogP contribution in [0.2, 0.25) is 10.0 Å². The number of nitro groups is 1. The summed E-state index contributed by atoms with van der Waals surface area (Å²) in [6.45, 7) is 0.591. The van der Waals surface area contributed by atoms with Crippen LogP contribution in [0.15, 0.2) is 23.1 Å². The molecule has 1 aromatic rings. The van der Waals surface area contributed by atoms with Crippen LogP contribution in [0.4, 0.5) is 0 Å². The second kappa shape index (κ2) is 6.71. The van der Waals surface area contributed by atoms with Gasteiger partial charge in [-0.3, -0.25) is 14.9 Å². The Morgan fingerprint density at radius 2 is 1.84 bits per heavy atom. The van der Waals surface area contributed by atoms with E-state index >= 15 is 0 Å². The van der Waals surface area contributed by atoms with E-state index in [1.165, 1.54) is 27.4 Å². The molecular formula is C14H15Cl2N3O5S. The number of amides is 1. The molecule has 1 aliphatic heterocycles. The van der Waals surface area contributed by atoms with Gasteiger partial charge in [-0.05, 0) is 12.1 Å². The highest BCUT2D eigenvalue weighted by atomic mass is 35.5. The molecule has 1 amide bonds. The van der Waals surface area contributed by atoms with Gasteiger partial charge in [-0.2, -0.15) is 4.31 Å². The van der Waals surface area contributed by atoms with Crippen LogP contribution in [-0.2, 0) is 14.8 Å². The lowest BCUT2D eigenvalue weighted by Crippen LogP contribution is -2.51. The van der Waals surface area contributed by atoms with Gasteiger partial charge in [0.1, 0.15) is 10.8 Å². The van der Waals surface area contributed by atoms with Gasteiger partial charge in [-0.15, -0.1) is 0 Å². The van der Waals surface area contributed by atoms with Crippen molar-refractivity contribution in [2.75, 3.05) is 26.2 Å². The Labute approximate surface area is 154 Å². The molecule has 0 aromatic heterocycles. The molecule has 0 bridgehead atoms. The molecule has 0 N–H and O–H groups in total. The smallest absolute Gasteiger partial charge is 0.244 e. The van der Waals surface area contributed by atoms with Crippen molar-refractivity contribution in [3.63, 3.8) is 0 Å². The van der Waals surface area contributed by atoms with Gasteiger partial charge in [0.05, 0.1) is 10.0 Å². The molecule has 8 nitrogen and oxygen atoms in total. The van der Waals surface area contributed by atoms with Crippen molar-refractivity contribution in [1.29, 1.82) is 0 Å². The first-order chi connectivity index (χ1) is 11.7. The Balaban J connectivity index is 1.67. The summed E-state index contributed by atoms with van der Waals surface area (Å²) in [5.74, 6) is -0.861. The highest BCUT2D eigenvalue weighted by molar-refractivity contribution is 7.89. The average molecular weight is 408 g/mol. The topological polar surface area (TPSA) is 101 Å². The fourth-order valence-electron chi connectivity index (χ4n) is 2.89. The van der Waals surface area contributed by atoms with Gasteiger partial charge in [-0.1, -0.05) is 29.3 Å². The number of hydrogen-bond acceptors (Lipinski definition) is 5. The second-order valence-corrected chi connectivity index (χ2v) is 8.67. The number of benzene rings is 1. The van der Waals surface area contributed by atoms with E-state index in [1.54, 1.807) is 0 Å². The van der Waals surface area contributed by atoms with Gasteiger partial charge in [0.15, 0.2) is 0 Å². The molecule has 25 heavy (non-hydrogen) atoms. The summed E-state index contributed by atoms with van der Waals surface area (Å²) in [6.07, 6.45) is 0.252. The summed E-state index contributed by atoms with van der Waals surface area (Å²) >= 11 is 11.9. The van der Waals surface area contributed by atoms with E-state index in [9.17, 15) is 23.3 Å². The molecule has 11 heteroatoms. The molecule has 2 fully saturated rings. The number of rotatable bonds is 4. The highest BCUT2D eigenvalue weighted by Gasteiger charge is 2.54. The summed E-state index contributed by atoms with van der Waals surface area (Å²) in [4.78, 5) is 23.9. The van der Waals surface area contributed by atoms with E-state index in [0.29, 0.717) is 0 Å². The molecule has 2 aliphatic rings. The molecule has 1 saturated heterocycles. The molecular weight excluding hydrogens is 393 g/mol. The van der Waals surface area contributed by atoms with Gasteiger partial charge in [0, 0.05) is 37.5 Å². The SMILES string of the molecule is O=C([C@@H]1C[C@H]1[N+](=O)[O-])N1CCN(S(=O)(=O)c2cccc(Cl)c2Cl)CC1. The Kier molecular flexibility index (Phi) is 4.93. The maximum absolute atomic E-state index is 12.7. The second-order valence-electron chi connectivity index (χ2n) is 5.98. The third-order valence-corrected chi connectivity index (χ3v) is 7.30. The predicted octanol–water partition coefficient (Wildman–Crippen LogP) is 1.49. The summed E-state index contributed by atoms with van der Waals surface area (Å²) < 4.78 is 26.7. The molecule has 0 unspecified atom stereocenters. The molecule has 1 heterocycles. The van der Waals surface area contributed by atoms with Crippen molar-refractivity contribution in [1.82, 2.24) is 9.21 Å². The first-order valence-electron chi connectivity index (χ1n) is 7.60. The van der Waals surface area contributed by atoms with E-state index < -0.39 is 26.9 Å². The minimum absolute atomic E-state index is 0.0329. The van der Waals surface area contributed by atoms with Crippen LogP contribution in [0.3, 0.4) is 0 Å². The van der Waals surface area contributed by atoms with Gasteiger partial charge in [0.2, 0.25) is 22.0 Å². The quantitative estimate of drug-likeness (QED) is 0.555. The molecule has 1 aliphatic carbocycles. The number of carbonyl (C=O) groups excluding carboxylic acids is 1. The van der Waals surface area contributed by atoms with Crippen LogP contribution >= 0.6 is 23.2 Å². The lowest BCUT2D eigenvalue weighted by Gasteiger charge is -2.34. The van der Waals surface area contributed by atoms with Crippen molar-refractivity contribution in [3.05, 3.63) is 38.4 Å². The summed E-state index contributed by atoms with van der Waals surface area (Å²) in [5.41, 5.74) is 0. The molecule has 1 saturated carbocycles. The average Bonchev–Trinajstić information content (AvgIpc) is 3.37. The van der Waals surface area contributed by atoms with E-state index in [4.69, 9.17) is 23.2 Å². The van der Waals surface area contributed by atoms with Gasteiger partial charge >= 0.3 is 0 Å². The summed E-state index contributed by atoms with van der Waals surface area (Å²) in [5, 5.41) is 10.8. The van der Waals surface area contributed by atoms with E-state index in [0.717, 1.165) is 0 Å². The Hall–Kier alpha value is -1.42. The largest absolute Gasteiger partial charge is 0.340 e. The first-order valence-corrected chi connectivity index (χ1v) is 9.79. The van der Waals surface area contributed by atoms with Gasteiger partial charge < -0.3 is 4.90 Å². The van der Waals surface area contributed by atoms with Crippen LogP contribution in [0.25, 0.3) is 0 Å². The van der Waals surface area contributed by atoms with Crippen LogP contribution in [0.1, 0.15) is 6.42 Å². The lowest BCUT2D eigenvalue weighted by atomic mass is 10.3. The van der Waals surface area contributed by atoms with Crippen LogP contribution in [0.5, 0.6) is 0 Å². The standard InChI is InChI=1S/C14H15Cl2N3O5S/c15-10-2-1-3-12(13(10)16)25(23,24)18-6-4-17(5-7-18)14(20)9-8-11(9)19(21)22/h1-3,9,11H,4-8H2/t9-,11-/m1/s1. The normalized spacial score (nSPS) is 24.2. The number of halogens is 2. The summed E-state index contributed by atoms with van der Waals surface area (Å²) in [7, 11) is -3.82.